The highest BCUT2D eigenvalue weighted by Crippen LogP contribution is 2.47. The van der Waals surface area contributed by atoms with E-state index in [2.05, 4.69) is 205 Å². The molecule has 0 N–H and O–H groups in total. The van der Waals surface area contributed by atoms with Gasteiger partial charge in [-0.05, 0) is 114 Å². The van der Waals surface area contributed by atoms with Crippen molar-refractivity contribution in [1.82, 2.24) is 0 Å². The smallest absolute Gasteiger partial charge is 0.137 e. The summed E-state index contributed by atoms with van der Waals surface area (Å²) in [6.07, 6.45) is 0. The summed E-state index contributed by atoms with van der Waals surface area (Å²) >= 11 is 0. The third kappa shape index (κ3) is 5.34. The van der Waals surface area contributed by atoms with Crippen molar-refractivity contribution in [2.75, 3.05) is 4.90 Å². The van der Waals surface area contributed by atoms with Gasteiger partial charge in [-0.1, -0.05) is 158 Å². The number of para-hydroxylation sites is 1. The Labute approximate surface area is 325 Å². The first kappa shape index (κ1) is 32.0. The highest BCUT2D eigenvalue weighted by Gasteiger charge is 2.21. The molecule has 0 aliphatic carbocycles. The fraction of sp³-hybridized carbons (Fsp3) is 0. The van der Waals surface area contributed by atoms with E-state index in [1.807, 2.05) is 12.1 Å². The van der Waals surface area contributed by atoms with Gasteiger partial charge in [-0.2, -0.15) is 0 Å². The van der Waals surface area contributed by atoms with Crippen LogP contribution in [0.2, 0.25) is 0 Å². The molecule has 0 bridgehead atoms. The number of fused-ring (bicyclic) bond motifs is 7. The first-order valence-corrected chi connectivity index (χ1v) is 19.2. The number of nitrogens with zero attached hydrogens (tertiary/aromatic N) is 1. The molecule has 10 aromatic carbocycles. The molecule has 0 atom stereocenters. The molecule has 0 aliphatic heterocycles. The van der Waals surface area contributed by atoms with Crippen molar-refractivity contribution in [2.45, 2.75) is 0 Å². The quantitative estimate of drug-likeness (QED) is 0.160. The summed E-state index contributed by atoms with van der Waals surface area (Å²) in [6, 6.07) is 76.6. The van der Waals surface area contributed by atoms with Gasteiger partial charge in [0.25, 0.3) is 0 Å². The maximum Gasteiger partial charge on any atom is 0.137 e. The lowest BCUT2D eigenvalue weighted by Crippen LogP contribution is -2.10. The van der Waals surface area contributed by atoms with E-state index in [1.165, 1.54) is 65.7 Å². The van der Waals surface area contributed by atoms with Crippen molar-refractivity contribution >= 4 is 71.3 Å². The van der Waals surface area contributed by atoms with Gasteiger partial charge in [-0.15, -0.1) is 0 Å². The van der Waals surface area contributed by atoms with E-state index >= 15 is 0 Å². The Morgan fingerprint density at radius 3 is 1.54 bits per heavy atom. The zero-order valence-electron chi connectivity index (χ0n) is 30.6. The Hall–Kier alpha value is -7.42. The predicted molar refractivity (Wildman–Crippen MR) is 237 cm³/mol. The number of benzene rings is 10. The lowest BCUT2D eigenvalue weighted by Gasteiger charge is -2.27. The summed E-state index contributed by atoms with van der Waals surface area (Å²) in [5, 5.41) is 9.63. The Morgan fingerprint density at radius 2 is 0.786 bits per heavy atom. The largest absolute Gasteiger partial charge is 0.456 e. The molecule has 0 saturated carbocycles. The van der Waals surface area contributed by atoms with Crippen molar-refractivity contribution in [3.05, 3.63) is 212 Å². The van der Waals surface area contributed by atoms with Crippen LogP contribution in [0.3, 0.4) is 0 Å². The highest BCUT2D eigenvalue weighted by atomic mass is 16.3. The predicted octanol–water partition coefficient (Wildman–Crippen LogP) is 15.5. The van der Waals surface area contributed by atoms with Gasteiger partial charge in [0, 0.05) is 33.9 Å². The van der Waals surface area contributed by atoms with E-state index in [0.717, 1.165) is 39.0 Å². The number of rotatable bonds is 6. The van der Waals surface area contributed by atoms with Crippen molar-refractivity contribution in [2.24, 2.45) is 0 Å². The van der Waals surface area contributed by atoms with E-state index in [9.17, 15) is 0 Å². The summed E-state index contributed by atoms with van der Waals surface area (Å²) in [7, 11) is 0. The molecule has 1 heterocycles. The molecule has 11 rings (SSSR count). The van der Waals surface area contributed by atoms with Crippen LogP contribution < -0.4 is 4.90 Å². The first-order chi connectivity index (χ1) is 27.8. The van der Waals surface area contributed by atoms with Gasteiger partial charge in [-0.25, -0.2) is 0 Å². The molecule has 1 aromatic heterocycles. The molecular weight excluding hydrogens is 679 g/mol. The topological polar surface area (TPSA) is 16.4 Å². The van der Waals surface area contributed by atoms with Crippen LogP contribution in [0, 0.1) is 0 Å². The standard InChI is InChI=1S/C54H35NO/c1-3-14-38(15-4-1)53-49-21-10-9-19-45(49)46-31-29-43(34-50(46)54(53)39-16-5-2-6-17-39)55(44-30-32-48-47-20-11-12-22-51(47)56-52(48)35-44)42-27-25-37(26-28-42)41-24-23-36-13-7-8-18-40(36)33-41/h1-35H. The van der Waals surface area contributed by atoms with Gasteiger partial charge >= 0.3 is 0 Å². The molecule has 262 valence electrons. The second kappa shape index (κ2) is 13.2. The number of anilines is 3. The van der Waals surface area contributed by atoms with Gasteiger partial charge in [-0.3, -0.25) is 0 Å². The van der Waals surface area contributed by atoms with E-state index < -0.39 is 0 Å². The molecule has 11 aromatic rings. The lowest BCUT2D eigenvalue weighted by atomic mass is 9.85. The van der Waals surface area contributed by atoms with Crippen molar-refractivity contribution in [1.29, 1.82) is 0 Å². The zero-order chi connectivity index (χ0) is 37.0. The van der Waals surface area contributed by atoms with Crippen LogP contribution in [-0.2, 0) is 0 Å². The molecule has 0 amide bonds. The minimum Gasteiger partial charge on any atom is -0.456 e. The second-order valence-electron chi connectivity index (χ2n) is 14.5. The molecule has 2 nitrogen and oxygen atoms in total. The fourth-order valence-corrected chi connectivity index (χ4v) is 8.60. The SMILES string of the molecule is c1ccc(-c2c(-c3ccccc3)c3cc(N(c4ccc(-c5ccc6ccccc6c5)cc4)c4ccc5c(c4)oc4ccccc45)ccc3c3ccccc23)cc1. The van der Waals surface area contributed by atoms with E-state index in [1.54, 1.807) is 0 Å². The highest BCUT2D eigenvalue weighted by molar-refractivity contribution is 6.22. The first-order valence-electron chi connectivity index (χ1n) is 19.2. The second-order valence-corrected chi connectivity index (χ2v) is 14.5. The van der Waals surface area contributed by atoms with Crippen molar-refractivity contribution < 1.29 is 4.42 Å². The van der Waals surface area contributed by atoms with Crippen LogP contribution in [0.15, 0.2) is 217 Å². The average Bonchev–Trinajstić information content (AvgIpc) is 3.64. The van der Waals surface area contributed by atoms with E-state index in [4.69, 9.17) is 4.42 Å². The number of hydrogen-bond donors (Lipinski definition) is 0. The summed E-state index contributed by atoms with van der Waals surface area (Å²) in [5.41, 5.74) is 12.2. The maximum atomic E-state index is 6.46. The summed E-state index contributed by atoms with van der Waals surface area (Å²) in [5.74, 6) is 0. The van der Waals surface area contributed by atoms with Gasteiger partial charge in [0.15, 0.2) is 0 Å². The summed E-state index contributed by atoms with van der Waals surface area (Å²) in [6.45, 7) is 0. The fourth-order valence-electron chi connectivity index (χ4n) is 8.60. The normalized spacial score (nSPS) is 11.6. The molecule has 0 radical (unpaired) electrons. The van der Waals surface area contributed by atoms with Gasteiger partial charge in [0.05, 0.1) is 0 Å². The van der Waals surface area contributed by atoms with Crippen LogP contribution in [0.4, 0.5) is 17.1 Å². The average molecular weight is 714 g/mol. The minimum absolute atomic E-state index is 0.865. The molecule has 56 heavy (non-hydrogen) atoms. The molecule has 0 saturated heterocycles. The molecule has 2 heteroatoms. The van der Waals surface area contributed by atoms with Crippen LogP contribution in [0.5, 0.6) is 0 Å². The number of hydrogen-bond acceptors (Lipinski definition) is 2. The van der Waals surface area contributed by atoms with Crippen LogP contribution in [0.25, 0.3) is 87.6 Å². The maximum absolute atomic E-state index is 6.46. The van der Waals surface area contributed by atoms with Gasteiger partial charge in [0.1, 0.15) is 11.2 Å². The van der Waals surface area contributed by atoms with Crippen molar-refractivity contribution in [3.8, 4) is 33.4 Å². The van der Waals surface area contributed by atoms with Crippen LogP contribution in [0.1, 0.15) is 0 Å². The Balaban J connectivity index is 1.15. The van der Waals surface area contributed by atoms with E-state index in [0.29, 0.717) is 0 Å². The molecule has 0 fully saturated rings. The number of furan rings is 1. The van der Waals surface area contributed by atoms with Crippen LogP contribution in [-0.4, -0.2) is 0 Å². The Kier molecular flexibility index (Phi) is 7.53. The van der Waals surface area contributed by atoms with Gasteiger partial charge < -0.3 is 9.32 Å². The monoisotopic (exact) mass is 713 g/mol. The van der Waals surface area contributed by atoms with E-state index in [-0.39, 0.29) is 0 Å². The van der Waals surface area contributed by atoms with Gasteiger partial charge in [0.2, 0.25) is 0 Å². The summed E-state index contributed by atoms with van der Waals surface area (Å²) in [4.78, 5) is 2.36. The third-order valence-corrected chi connectivity index (χ3v) is 11.2. The lowest BCUT2D eigenvalue weighted by molar-refractivity contribution is 0.669. The Bertz CT molecular complexity index is 3230. The molecule has 0 unspecified atom stereocenters. The third-order valence-electron chi connectivity index (χ3n) is 11.2. The summed E-state index contributed by atoms with van der Waals surface area (Å²) < 4.78 is 6.46. The molecule has 0 aliphatic rings. The van der Waals surface area contributed by atoms with Crippen LogP contribution >= 0.6 is 0 Å². The molecule has 0 spiro atoms. The minimum atomic E-state index is 0.865. The zero-order valence-corrected chi connectivity index (χ0v) is 30.6. The molecular formula is C54H35NO. The van der Waals surface area contributed by atoms with Crippen molar-refractivity contribution in [3.63, 3.8) is 0 Å². The Morgan fingerprint density at radius 1 is 0.268 bits per heavy atom.